The van der Waals surface area contributed by atoms with E-state index in [9.17, 15) is 19.2 Å². The summed E-state index contributed by atoms with van der Waals surface area (Å²) in [6.45, 7) is 1.27. The van der Waals surface area contributed by atoms with E-state index >= 15 is 0 Å². The predicted octanol–water partition coefficient (Wildman–Crippen LogP) is 6.41. The number of aliphatic carboxylic acids is 1. The van der Waals surface area contributed by atoms with E-state index in [0.717, 1.165) is 0 Å². The summed E-state index contributed by atoms with van der Waals surface area (Å²) in [5.74, 6) is -0.176. The third-order valence-corrected chi connectivity index (χ3v) is 10.2. The van der Waals surface area contributed by atoms with Gasteiger partial charge in [-0.25, -0.2) is 19.9 Å². The number of hydrogen-bond acceptors (Lipinski definition) is 15. The standard InChI is InChI=1S/C21H19ClN2O6.C20H17ClN2O6/c1-27-21(26)12-7-13(8-12)28-5-6-29-19-11-23-16(10-24-19)18-9-17(25)14-3-2-4-15(22)20(14)30-18;21-14-3-1-2-13-16(24)8-17(29-19(13)14)15-9-23-18(10-22-15)28-5-4-27-12-6-11(7-12)20(25)26/h2-4,9-13H,5-8H2,1H3;1-3,8-12H,4-7H2,(H,25,26). The highest BCUT2D eigenvalue weighted by Crippen LogP contribution is 2.32. The number of hydrogen-bond donors (Lipinski definition) is 1. The lowest BCUT2D eigenvalue weighted by Gasteiger charge is -2.32. The Balaban J connectivity index is 0.000000179. The van der Waals surface area contributed by atoms with E-state index in [1.54, 1.807) is 36.4 Å². The second kappa shape index (κ2) is 18.8. The summed E-state index contributed by atoms with van der Waals surface area (Å²) in [5.41, 5.74) is 0.952. The van der Waals surface area contributed by atoms with Crippen LogP contribution >= 0.6 is 23.2 Å². The molecule has 0 spiro atoms. The molecule has 0 aliphatic heterocycles. The van der Waals surface area contributed by atoms with E-state index in [-0.39, 0.29) is 59.0 Å². The SMILES string of the molecule is COC(=O)C1CC(OCCOc2cnc(-c3cc(=O)c4cccc(Cl)c4o3)cn2)C1.O=C(O)C1CC(OCCOc2cnc(-c3cc(=O)c4cccc(Cl)c4o3)cn2)C1. The molecule has 0 saturated heterocycles. The second-order valence-corrected chi connectivity index (χ2v) is 14.4. The maximum Gasteiger partial charge on any atom is 0.308 e. The molecule has 1 N–H and O–H groups in total. The maximum atomic E-state index is 12.3. The zero-order valence-corrected chi connectivity index (χ0v) is 32.9. The lowest BCUT2D eigenvalue weighted by molar-refractivity contribution is -0.155. The van der Waals surface area contributed by atoms with Crippen molar-refractivity contribution < 1.29 is 47.2 Å². The molecule has 0 amide bonds. The van der Waals surface area contributed by atoms with Gasteiger partial charge in [-0.05, 0) is 49.9 Å². The highest BCUT2D eigenvalue weighted by molar-refractivity contribution is 6.35. The van der Waals surface area contributed by atoms with E-state index in [2.05, 4.69) is 19.9 Å². The molecule has 6 aromatic rings. The molecule has 2 aliphatic rings. The number of benzene rings is 2. The minimum atomic E-state index is -0.777. The number of esters is 1. The number of carbonyl (C=O) groups is 2. The molecule has 2 saturated carbocycles. The average molecular weight is 848 g/mol. The highest BCUT2D eigenvalue weighted by atomic mass is 35.5. The van der Waals surface area contributed by atoms with Crippen LogP contribution in [0.15, 0.2) is 91.7 Å². The number of carboxylic acids is 1. The van der Waals surface area contributed by atoms with Crippen LogP contribution < -0.4 is 20.3 Å². The molecule has 0 radical (unpaired) electrons. The van der Waals surface area contributed by atoms with Gasteiger partial charge in [-0.1, -0.05) is 35.3 Å². The molecule has 8 rings (SSSR count). The molecule has 2 fully saturated rings. The lowest BCUT2D eigenvalue weighted by Crippen LogP contribution is -2.37. The van der Waals surface area contributed by atoms with Gasteiger partial charge in [0.25, 0.3) is 0 Å². The Bertz CT molecular complexity index is 2560. The minimum Gasteiger partial charge on any atom is -0.481 e. The molecule has 18 heteroatoms. The van der Waals surface area contributed by atoms with Crippen molar-refractivity contribution in [3.63, 3.8) is 0 Å². The van der Waals surface area contributed by atoms with Crippen LogP contribution in [0.5, 0.6) is 11.8 Å². The number of nitrogens with zero attached hydrogens (tertiary/aromatic N) is 4. The third kappa shape index (κ3) is 10.0. The first-order chi connectivity index (χ1) is 28.6. The second-order valence-electron chi connectivity index (χ2n) is 13.5. The van der Waals surface area contributed by atoms with Crippen molar-refractivity contribution in [3.8, 4) is 34.7 Å². The van der Waals surface area contributed by atoms with Gasteiger partial charge in [0.1, 0.15) is 24.6 Å². The number of ether oxygens (including phenoxy) is 5. The van der Waals surface area contributed by atoms with Crippen molar-refractivity contribution in [3.05, 3.63) is 104 Å². The number of para-hydroxylation sites is 2. The molecule has 306 valence electrons. The van der Waals surface area contributed by atoms with Crippen LogP contribution in [-0.2, 0) is 23.8 Å². The van der Waals surface area contributed by atoms with Gasteiger partial charge in [0.05, 0.1) is 90.0 Å². The summed E-state index contributed by atoms with van der Waals surface area (Å²) < 4.78 is 38.4. The van der Waals surface area contributed by atoms with Crippen LogP contribution in [0.1, 0.15) is 25.7 Å². The molecular formula is C41H36Cl2N4O12. The largest absolute Gasteiger partial charge is 0.481 e. The van der Waals surface area contributed by atoms with Crippen molar-refractivity contribution >= 4 is 57.1 Å². The van der Waals surface area contributed by atoms with Gasteiger partial charge in [-0.3, -0.25) is 19.2 Å². The summed E-state index contributed by atoms with van der Waals surface area (Å²) in [6, 6.07) is 12.7. The molecule has 0 unspecified atom stereocenters. The Morgan fingerprint density at radius 3 is 1.54 bits per heavy atom. The fourth-order valence-electron chi connectivity index (χ4n) is 6.26. The Labute approximate surface area is 345 Å². The summed E-state index contributed by atoms with van der Waals surface area (Å²) in [5, 5.41) is 10.3. The molecule has 2 aliphatic carbocycles. The Hall–Kier alpha value is -5.94. The van der Waals surface area contributed by atoms with Gasteiger partial charge < -0.3 is 37.6 Å². The molecule has 16 nitrogen and oxygen atoms in total. The van der Waals surface area contributed by atoms with Crippen molar-refractivity contribution in [2.24, 2.45) is 11.8 Å². The van der Waals surface area contributed by atoms with Crippen LogP contribution in [0.4, 0.5) is 0 Å². The topological polar surface area (TPSA) is 212 Å². The van der Waals surface area contributed by atoms with Crippen LogP contribution in [0.25, 0.3) is 44.8 Å². The maximum absolute atomic E-state index is 12.3. The van der Waals surface area contributed by atoms with Gasteiger partial charge in [-0.2, -0.15) is 0 Å². The lowest BCUT2D eigenvalue weighted by atomic mass is 9.82. The predicted molar refractivity (Wildman–Crippen MR) is 213 cm³/mol. The first-order valence-electron chi connectivity index (χ1n) is 18.4. The van der Waals surface area contributed by atoms with E-state index in [1.165, 1.54) is 44.0 Å². The summed E-state index contributed by atoms with van der Waals surface area (Å²) in [4.78, 5) is 63.5. The van der Waals surface area contributed by atoms with Gasteiger partial charge in [0.2, 0.25) is 11.8 Å². The van der Waals surface area contributed by atoms with Crippen molar-refractivity contribution in [1.29, 1.82) is 0 Å². The Morgan fingerprint density at radius 1 is 0.678 bits per heavy atom. The van der Waals surface area contributed by atoms with E-state index in [1.807, 2.05) is 0 Å². The molecule has 2 aromatic carbocycles. The number of fused-ring (bicyclic) bond motifs is 2. The normalized spacial score (nSPS) is 18.2. The number of methoxy groups -OCH3 is 1. The Kier molecular flexibility index (Phi) is 13.1. The number of halogens is 2. The Morgan fingerprint density at radius 2 is 1.14 bits per heavy atom. The molecule has 0 atom stereocenters. The number of rotatable bonds is 14. The van der Waals surface area contributed by atoms with Crippen LogP contribution in [0.2, 0.25) is 10.0 Å². The smallest absolute Gasteiger partial charge is 0.308 e. The first-order valence-corrected chi connectivity index (χ1v) is 19.2. The van der Waals surface area contributed by atoms with Gasteiger partial charge in [0.15, 0.2) is 33.5 Å². The molecular weight excluding hydrogens is 811 g/mol. The number of aromatic nitrogens is 4. The fraction of sp³-hybridized carbons (Fsp3) is 0.317. The van der Waals surface area contributed by atoms with Crippen LogP contribution in [-0.4, -0.2) is 82.7 Å². The quantitative estimate of drug-likeness (QED) is 0.0926. The van der Waals surface area contributed by atoms with Gasteiger partial charge in [-0.15, -0.1) is 0 Å². The van der Waals surface area contributed by atoms with Crippen LogP contribution in [0, 0.1) is 11.8 Å². The molecule has 4 aromatic heterocycles. The van der Waals surface area contributed by atoms with E-state index in [4.69, 9.17) is 60.8 Å². The van der Waals surface area contributed by atoms with Crippen molar-refractivity contribution in [2.45, 2.75) is 37.9 Å². The average Bonchev–Trinajstić information content (AvgIpc) is 3.20. The monoisotopic (exact) mass is 846 g/mol. The molecule has 0 bridgehead atoms. The van der Waals surface area contributed by atoms with Crippen LogP contribution in [0.3, 0.4) is 0 Å². The fourth-order valence-corrected chi connectivity index (χ4v) is 6.69. The van der Waals surface area contributed by atoms with E-state index < -0.39 is 5.97 Å². The number of carboxylic acid groups (broad SMARTS) is 1. The number of carbonyl (C=O) groups excluding carboxylic acids is 1. The zero-order chi connectivity index (χ0) is 41.5. The van der Waals surface area contributed by atoms with E-state index in [0.29, 0.717) is 101 Å². The first kappa shape index (κ1) is 41.2. The van der Waals surface area contributed by atoms with Gasteiger partial charge >= 0.3 is 11.9 Å². The van der Waals surface area contributed by atoms with Gasteiger partial charge in [0, 0.05) is 12.1 Å². The summed E-state index contributed by atoms with van der Waals surface area (Å²) >= 11 is 12.2. The zero-order valence-electron chi connectivity index (χ0n) is 31.4. The molecule has 4 heterocycles. The van der Waals surface area contributed by atoms with Crippen molar-refractivity contribution in [2.75, 3.05) is 33.5 Å². The third-order valence-electron chi connectivity index (χ3n) is 9.62. The summed E-state index contributed by atoms with van der Waals surface area (Å²) in [7, 11) is 1.39. The highest BCUT2D eigenvalue weighted by Gasteiger charge is 2.36. The molecule has 59 heavy (non-hydrogen) atoms. The summed E-state index contributed by atoms with van der Waals surface area (Å²) in [6.07, 6.45) is 8.20. The minimum absolute atomic E-state index is 0.0317. The van der Waals surface area contributed by atoms with Crippen molar-refractivity contribution in [1.82, 2.24) is 19.9 Å².